The van der Waals surface area contributed by atoms with Gasteiger partial charge in [0.05, 0.1) is 31.4 Å². The minimum absolute atomic E-state index is 0.0289. The SMILES string of the molecule is C[C@@H](O)[C@@H]1COC[C@H](C)N1C[C@H]1CN(S(=O)(=O)c2cccs2)CCN1c1ccc([C@@](C)(O)C(F)(F)F)cc1. The molecule has 8 nitrogen and oxygen atoms in total. The number of sulfonamides is 1. The fraction of sp³-hybridized carbons (Fsp3) is 0.600. The van der Waals surface area contributed by atoms with E-state index in [0.29, 0.717) is 32.0 Å². The van der Waals surface area contributed by atoms with Crippen LogP contribution >= 0.6 is 11.3 Å². The number of piperazine rings is 1. The van der Waals surface area contributed by atoms with Crippen LogP contribution in [-0.2, 0) is 20.4 Å². The number of aliphatic hydroxyl groups is 2. The lowest BCUT2D eigenvalue weighted by Gasteiger charge is -2.48. The fourth-order valence-electron chi connectivity index (χ4n) is 5.07. The molecule has 5 atom stereocenters. The highest BCUT2D eigenvalue weighted by molar-refractivity contribution is 7.91. The summed E-state index contributed by atoms with van der Waals surface area (Å²) in [4.78, 5) is 4.11. The number of anilines is 1. The number of nitrogens with zero attached hydrogens (tertiary/aromatic N) is 3. The fourth-order valence-corrected chi connectivity index (χ4v) is 7.69. The van der Waals surface area contributed by atoms with Crippen molar-refractivity contribution in [1.82, 2.24) is 9.21 Å². The van der Waals surface area contributed by atoms with Gasteiger partial charge in [-0.1, -0.05) is 18.2 Å². The topological polar surface area (TPSA) is 93.6 Å². The molecule has 0 unspecified atom stereocenters. The molecule has 1 aromatic carbocycles. The Hall–Kier alpha value is -1.74. The second kappa shape index (κ2) is 11.0. The predicted molar refractivity (Wildman–Crippen MR) is 139 cm³/mol. The summed E-state index contributed by atoms with van der Waals surface area (Å²) in [5.74, 6) is 0. The maximum Gasteiger partial charge on any atom is 0.421 e. The molecule has 0 saturated carbocycles. The second-order valence-electron chi connectivity index (χ2n) is 10.2. The summed E-state index contributed by atoms with van der Waals surface area (Å²) in [7, 11) is -3.71. The number of thiophene rings is 1. The number of alkyl halides is 3. The molecule has 4 rings (SSSR count). The molecule has 212 valence electrons. The number of hydrogen-bond acceptors (Lipinski definition) is 8. The minimum Gasteiger partial charge on any atom is -0.392 e. The molecule has 0 spiro atoms. The summed E-state index contributed by atoms with van der Waals surface area (Å²) < 4.78 is 74.0. The van der Waals surface area contributed by atoms with Crippen molar-refractivity contribution in [3.05, 3.63) is 47.3 Å². The zero-order valence-electron chi connectivity index (χ0n) is 21.5. The molecule has 0 radical (unpaired) electrons. The Kier molecular flexibility index (Phi) is 8.49. The Balaban J connectivity index is 1.65. The first-order valence-electron chi connectivity index (χ1n) is 12.4. The van der Waals surface area contributed by atoms with Gasteiger partial charge >= 0.3 is 6.18 Å². The van der Waals surface area contributed by atoms with Crippen molar-refractivity contribution < 1.29 is 36.5 Å². The van der Waals surface area contributed by atoms with Gasteiger partial charge in [-0.25, -0.2) is 8.42 Å². The summed E-state index contributed by atoms with van der Waals surface area (Å²) in [6.45, 7) is 6.31. The Labute approximate surface area is 225 Å². The minimum atomic E-state index is -4.83. The third-order valence-electron chi connectivity index (χ3n) is 7.47. The first-order valence-corrected chi connectivity index (χ1v) is 14.8. The second-order valence-corrected chi connectivity index (χ2v) is 13.3. The van der Waals surface area contributed by atoms with Crippen LogP contribution in [0.1, 0.15) is 26.3 Å². The van der Waals surface area contributed by atoms with Crippen LogP contribution in [-0.4, -0.2) is 97.6 Å². The van der Waals surface area contributed by atoms with E-state index in [1.54, 1.807) is 24.4 Å². The lowest BCUT2D eigenvalue weighted by atomic mass is 9.95. The van der Waals surface area contributed by atoms with Gasteiger partial charge in [-0.3, -0.25) is 4.90 Å². The van der Waals surface area contributed by atoms with Gasteiger partial charge in [0, 0.05) is 37.9 Å². The Morgan fingerprint density at radius 2 is 1.84 bits per heavy atom. The number of benzene rings is 1. The largest absolute Gasteiger partial charge is 0.421 e. The molecule has 38 heavy (non-hydrogen) atoms. The van der Waals surface area contributed by atoms with Gasteiger partial charge in [0.15, 0.2) is 5.60 Å². The van der Waals surface area contributed by atoms with Crippen molar-refractivity contribution >= 4 is 27.0 Å². The number of morpholine rings is 1. The maximum absolute atomic E-state index is 13.3. The van der Waals surface area contributed by atoms with Gasteiger partial charge in [-0.05, 0) is 49.9 Å². The van der Waals surface area contributed by atoms with Crippen LogP contribution in [0.15, 0.2) is 46.0 Å². The Bertz CT molecular complexity index is 1170. The zero-order valence-corrected chi connectivity index (χ0v) is 23.1. The van der Waals surface area contributed by atoms with Gasteiger partial charge in [0.1, 0.15) is 4.21 Å². The van der Waals surface area contributed by atoms with Crippen molar-refractivity contribution in [3.63, 3.8) is 0 Å². The molecular weight excluding hydrogens is 543 g/mol. The lowest BCUT2D eigenvalue weighted by molar-refractivity contribution is -0.258. The van der Waals surface area contributed by atoms with Crippen molar-refractivity contribution in [2.45, 2.75) is 61.0 Å². The number of aliphatic hydroxyl groups excluding tert-OH is 1. The summed E-state index contributed by atoms with van der Waals surface area (Å²) >= 11 is 1.15. The standard InChI is InChI=1S/C25H34F3N3O5S2/c1-17-15-36-16-22(18(2)32)31(17)14-21-13-29(38(34,35)23-5-4-12-37-23)10-11-30(21)20-8-6-19(7-9-20)24(3,33)25(26,27)28/h4-9,12,17-18,21-22,32-33H,10-11,13-16H2,1-3H3/t17-,18+,21+,22-,24+/m0/s1. The van der Waals surface area contributed by atoms with E-state index in [1.165, 1.54) is 28.6 Å². The Morgan fingerprint density at radius 3 is 2.42 bits per heavy atom. The van der Waals surface area contributed by atoms with Gasteiger partial charge < -0.3 is 19.8 Å². The van der Waals surface area contributed by atoms with Gasteiger partial charge in [0.25, 0.3) is 10.0 Å². The van der Waals surface area contributed by atoms with Crippen LogP contribution in [0.5, 0.6) is 0 Å². The molecule has 2 aromatic rings. The quantitative estimate of drug-likeness (QED) is 0.523. The van der Waals surface area contributed by atoms with Crippen molar-refractivity contribution in [2.24, 2.45) is 0 Å². The van der Waals surface area contributed by atoms with E-state index >= 15 is 0 Å². The summed E-state index contributed by atoms with van der Waals surface area (Å²) in [5, 5.41) is 22.2. The highest BCUT2D eigenvalue weighted by atomic mass is 32.2. The van der Waals surface area contributed by atoms with Gasteiger partial charge in [-0.15, -0.1) is 11.3 Å². The molecule has 3 heterocycles. The molecule has 2 fully saturated rings. The van der Waals surface area contributed by atoms with Crippen LogP contribution in [0, 0.1) is 0 Å². The molecule has 0 amide bonds. The van der Waals surface area contributed by atoms with Crippen LogP contribution < -0.4 is 4.90 Å². The van der Waals surface area contributed by atoms with E-state index in [2.05, 4.69) is 4.90 Å². The van der Waals surface area contributed by atoms with E-state index < -0.39 is 27.9 Å². The molecule has 2 aliphatic rings. The molecule has 2 saturated heterocycles. The smallest absolute Gasteiger partial charge is 0.392 e. The number of rotatable bonds is 7. The summed E-state index contributed by atoms with van der Waals surface area (Å²) in [5.41, 5.74) is -2.65. The van der Waals surface area contributed by atoms with E-state index in [1.807, 2.05) is 11.8 Å². The molecular formula is C25H34F3N3O5S2. The van der Waals surface area contributed by atoms with E-state index in [0.717, 1.165) is 18.3 Å². The molecule has 0 aliphatic carbocycles. The van der Waals surface area contributed by atoms with Crippen molar-refractivity contribution in [1.29, 1.82) is 0 Å². The van der Waals surface area contributed by atoms with E-state index in [9.17, 15) is 31.8 Å². The number of ether oxygens (including phenoxy) is 1. The maximum atomic E-state index is 13.3. The molecule has 0 bridgehead atoms. The average molecular weight is 578 g/mol. The first-order chi connectivity index (χ1) is 17.7. The number of halogens is 3. The highest BCUT2D eigenvalue weighted by Gasteiger charge is 2.51. The normalized spacial score (nSPS) is 26.7. The molecule has 1 aromatic heterocycles. The zero-order chi connectivity index (χ0) is 27.9. The number of hydrogen-bond donors (Lipinski definition) is 2. The lowest BCUT2D eigenvalue weighted by Crippen LogP contribution is -2.63. The molecule has 2 aliphatic heterocycles. The highest BCUT2D eigenvalue weighted by Crippen LogP contribution is 2.39. The van der Waals surface area contributed by atoms with E-state index in [-0.39, 0.29) is 41.0 Å². The summed E-state index contributed by atoms with van der Waals surface area (Å²) in [6.07, 6.45) is -5.51. The Morgan fingerprint density at radius 1 is 1.16 bits per heavy atom. The molecule has 13 heteroatoms. The summed E-state index contributed by atoms with van der Waals surface area (Å²) in [6, 6.07) is 8.16. The van der Waals surface area contributed by atoms with Gasteiger partial charge in [0.2, 0.25) is 0 Å². The monoisotopic (exact) mass is 577 g/mol. The third kappa shape index (κ3) is 5.74. The average Bonchev–Trinajstić information content (AvgIpc) is 3.40. The van der Waals surface area contributed by atoms with Gasteiger partial charge in [-0.2, -0.15) is 17.5 Å². The third-order valence-corrected chi connectivity index (χ3v) is 10.7. The van der Waals surface area contributed by atoms with Crippen LogP contribution in [0.3, 0.4) is 0 Å². The molecule has 2 N–H and O–H groups in total. The predicted octanol–water partition coefficient (Wildman–Crippen LogP) is 2.87. The van der Waals surface area contributed by atoms with Crippen molar-refractivity contribution in [2.75, 3.05) is 44.3 Å². The van der Waals surface area contributed by atoms with Crippen LogP contribution in [0.4, 0.5) is 18.9 Å². The van der Waals surface area contributed by atoms with Crippen LogP contribution in [0.2, 0.25) is 0 Å². The van der Waals surface area contributed by atoms with Crippen molar-refractivity contribution in [3.8, 4) is 0 Å². The first kappa shape index (κ1) is 29.2. The van der Waals surface area contributed by atoms with Crippen LogP contribution in [0.25, 0.3) is 0 Å². The van der Waals surface area contributed by atoms with E-state index in [4.69, 9.17) is 4.74 Å².